The van der Waals surface area contributed by atoms with Gasteiger partial charge in [-0.25, -0.2) is 0 Å². The topological polar surface area (TPSA) is 84.6 Å². The highest BCUT2D eigenvalue weighted by Gasteiger charge is 2.19. The van der Waals surface area contributed by atoms with E-state index in [2.05, 4.69) is 5.32 Å². The van der Waals surface area contributed by atoms with Crippen LogP contribution in [0.1, 0.15) is 40.5 Å². The highest BCUT2D eigenvalue weighted by Crippen LogP contribution is 2.27. The van der Waals surface area contributed by atoms with E-state index in [1.165, 1.54) is 12.1 Å². The van der Waals surface area contributed by atoms with E-state index in [1.54, 1.807) is 13.0 Å². The molecule has 1 aromatic rings. The molecule has 1 atom stereocenters. The fourth-order valence-corrected chi connectivity index (χ4v) is 2.05. The van der Waals surface area contributed by atoms with Crippen molar-refractivity contribution in [3.05, 3.63) is 28.3 Å². The monoisotopic (exact) mass is 296 g/mol. The predicted molar refractivity (Wildman–Crippen MR) is 82.9 cm³/mol. The highest BCUT2D eigenvalue weighted by atomic mass is 16.6. The van der Waals surface area contributed by atoms with Gasteiger partial charge in [0.15, 0.2) is 0 Å². The van der Waals surface area contributed by atoms with E-state index in [9.17, 15) is 15.2 Å². The zero-order chi connectivity index (χ0) is 16.0. The van der Waals surface area contributed by atoms with E-state index in [4.69, 9.17) is 4.74 Å². The Morgan fingerprint density at radius 3 is 2.62 bits per heavy atom. The smallest absolute Gasteiger partial charge is 0.275 e. The predicted octanol–water partition coefficient (Wildman–Crippen LogP) is 3.35. The molecule has 0 fully saturated rings. The number of rotatable bonds is 8. The molecule has 0 radical (unpaired) electrons. The standard InChI is InChI=1S/C15H24N2O4/c1-5-6-15(4,18)10-16-12-7-13(17(19)20)9-14(8-12)21-11(2)3/h7-9,11,16,18H,5-6,10H2,1-4H3. The Balaban J connectivity index is 2.90. The maximum Gasteiger partial charge on any atom is 0.275 e. The van der Waals surface area contributed by atoms with Crippen molar-refractivity contribution in [1.29, 1.82) is 0 Å². The van der Waals surface area contributed by atoms with Crippen LogP contribution in [0, 0.1) is 10.1 Å². The van der Waals surface area contributed by atoms with Crippen molar-refractivity contribution in [2.24, 2.45) is 0 Å². The van der Waals surface area contributed by atoms with Crippen LogP contribution in [0.3, 0.4) is 0 Å². The number of nitrogens with zero attached hydrogens (tertiary/aromatic N) is 1. The number of hydrogen-bond donors (Lipinski definition) is 2. The lowest BCUT2D eigenvalue weighted by Crippen LogP contribution is -2.33. The van der Waals surface area contributed by atoms with Crippen LogP contribution in [0.2, 0.25) is 0 Å². The highest BCUT2D eigenvalue weighted by molar-refractivity contribution is 5.56. The van der Waals surface area contributed by atoms with Gasteiger partial charge in [0, 0.05) is 24.4 Å². The van der Waals surface area contributed by atoms with Gasteiger partial charge in [-0.15, -0.1) is 0 Å². The molecule has 0 spiro atoms. The van der Waals surface area contributed by atoms with Gasteiger partial charge < -0.3 is 15.2 Å². The molecule has 0 heterocycles. The molecule has 0 aromatic heterocycles. The van der Waals surface area contributed by atoms with Crippen molar-refractivity contribution in [3.63, 3.8) is 0 Å². The van der Waals surface area contributed by atoms with Crippen LogP contribution in [-0.4, -0.2) is 28.3 Å². The number of benzene rings is 1. The van der Waals surface area contributed by atoms with Gasteiger partial charge in [-0.3, -0.25) is 10.1 Å². The summed E-state index contributed by atoms with van der Waals surface area (Å²) in [5, 5.41) is 24.2. The number of ether oxygens (including phenoxy) is 1. The molecule has 6 nitrogen and oxygen atoms in total. The molecule has 21 heavy (non-hydrogen) atoms. The number of nitrogens with one attached hydrogen (secondary N) is 1. The summed E-state index contributed by atoms with van der Waals surface area (Å²) in [6.07, 6.45) is 1.46. The largest absolute Gasteiger partial charge is 0.491 e. The van der Waals surface area contributed by atoms with Gasteiger partial charge in [0.05, 0.1) is 22.7 Å². The van der Waals surface area contributed by atoms with Gasteiger partial charge in [0.25, 0.3) is 5.69 Å². The van der Waals surface area contributed by atoms with Crippen LogP contribution in [-0.2, 0) is 0 Å². The minimum absolute atomic E-state index is 0.0363. The first-order valence-corrected chi connectivity index (χ1v) is 7.16. The first-order chi connectivity index (χ1) is 9.73. The van der Waals surface area contributed by atoms with Crippen LogP contribution in [0.4, 0.5) is 11.4 Å². The molecule has 1 aromatic carbocycles. The second kappa shape index (κ2) is 7.26. The van der Waals surface area contributed by atoms with E-state index in [0.717, 1.165) is 6.42 Å². The summed E-state index contributed by atoms with van der Waals surface area (Å²) in [7, 11) is 0. The number of nitro groups is 1. The van der Waals surface area contributed by atoms with Crippen molar-refractivity contribution < 1.29 is 14.8 Å². The summed E-state index contributed by atoms with van der Waals surface area (Å²) in [6.45, 7) is 7.78. The average Bonchev–Trinajstić information content (AvgIpc) is 2.35. The summed E-state index contributed by atoms with van der Waals surface area (Å²) < 4.78 is 5.52. The molecule has 0 bridgehead atoms. The molecule has 2 N–H and O–H groups in total. The maximum atomic E-state index is 11.0. The Bertz CT molecular complexity index is 487. The van der Waals surface area contributed by atoms with Gasteiger partial charge in [-0.1, -0.05) is 13.3 Å². The molecule has 6 heteroatoms. The van der Waals surface area contributed by atoms with Gasteiger partial charge in [-0.05, 0) is 27.2 Å². The minimum atomic E-state index is -0.849. The van der Waals surface area contributed by atoms with Gasteiger partial charge in [0.2, 0.25) is 0 Å². The van der Waals surface area contributed by atoms with E-state index in [1.807, 2.05) is 20.8 Å². The normalized spacial score (nSPS) is 13.8. The Labute approximate surface area is 125 Å². The van der Waals surface area contributed by atoms with Crippen molar-refractivity contribution in [1.82, 2.24) is 0 Å². The molecular weight excluding hydrogens is 272 g/mol. The zero-order valence-corrected chi connectivity index (χ0v) is 13.0. The maximum absolute atomic E-state index is 11.0. The zero-order valence-electron chi connectivity index (χ0n) is 13.0. The molecule has 0 amide bonds. The summed E-state index contributed by atoms with van der Waals surface area (Å²) in [6, 6.07) is 4.54. The molecule has 118 valence electrons. The molecule has 1 unspecified atom stereocenters. The van der Waals surface area contributed by atoms with Crippen LogP contribution in [0.25, 0.3) is 0 Å². The number of anilines is 1. The molecular formula is C15H24N2O4. The lowest BCUT2D eigenvalue weighted by atomic mass is 10.0. The Hall–Kier alpha value is -1.82. The second-order valence-corrected chi connectivity index (χ2v) is 5.74. The number of non-ortho nitro benzene ring substituents is 1. The van der Waals surface area contributed by atoms with Gasteiger partial charge >= 0.3 is 0 Å². The summed E-state index contributed by atoms with van der Waals surface area (Å²) in [5.41, 5.74) is -0.319. The third kappa shape index (κ3) is 5.99. The first-order valence-electron chi connectivity index (χ1n) is 7.16. The molecule has 0 aliphatic rings. The quantitative estimate of drug-likeness (QED) is 0.567. The van der Waals surface area contributed by atoms with Crippen molar-refractivity contribution in [3.8, 4) is 5.75 Å². The third-order valence-electron chi connectivity index (χ3n) is 2.94. The van der Waals surface area contributed by atoms with Crippen molar-refractivity contribution >= 4 is 11.4 Å². The molecule has 0 saturated heterocycles. The van der Waals surface area contributed by atoms with Gasteiger partial charge in [0.1, 0.15) is 5.75 Å². The Kier molecular flexibility index (Phi) is 5.96. The lowest BCUT2D eigenvalue weighted by Gasteiger charge is -2.23. The fraction of sp³-hybridized carbons (Fsp3) is 0.600. The number of aliphatic hydroxyl groups is 1. The minimum Gasteiger partial charge on any atom is -0.491 e. The van der Waals surface area contributed by atoms with Crippen LogP contribution in [0.15, 0.2) is 18.2 Å². The molecule has 0 aliphatic heterocycles. The Morgan fingerprint density at radius 1 is 1.43 bits per heavy atom. The lowest BCUT2D eigenvalue weighted by molar-refractivity contribution is -0.384. The Morgan fingerprint density at radius 2 is 2.10 bits per heavy atom. The third-order valence-corrected chi connectivity index (χ3v) is 2.94. The summed E-state index contributed by atoms with van der Waals surface area (Å²) >= 11 is 0. The first kappa shape index (κ1) is 17.2. The van der Waals surface area contributed by atoms with Crippen LogP contribution >= 0.6 is 0 Å². The van der Waals surface area contributed by atoms with Crippen LogP contribution < -0.4 is 10.1 Å². The number of nitro benzene ring substituents is 1. The van der Waals surface area contributed by atoms with Crippen molar-refractivity contribution in [2.75, 3.05) is 11.9 Å². The molecule has 0 aliphatic carbocycles. The molecule has 0 saturated carbocycles. The van der Waals surface area contributed by atoms with E-state index >= 15 is 0 Å². The van der Waals surface area contributed by atoms with E-state index < -0.39 is 10.5 Å². The average molecular weight is 296 g/mol. The summed E-state index contributed by atoms with van der Waals surface area (Å²) in [5.74, 6) is 0.442. The van der Waals surface area contributed by atoms with Gasteiger partial charge in [-0.2, -0.15) is 0 Å². The van der Waals surface area contributed by atoms with E-state index in [-0.39, 0.29) is 11.8 Å². The van der Waals surface area contributed by atoms with Crippen molar-refractivity contribution in [2.45, 2.75) is 52.2 Å². The number of hydrogen-bond acceptors (Lipinski definition) is 5. The second-order valence-electron chi connectivity index (χ2n) is 5.74. The fourth-order valence-electron chi connectivity index (χ4n) is 2.05. The van der Waals surface area contributed by atoms with Crippen LogP contribution in [0.5, 0.6) is 5.75 Å². The van der Waals surface area contributed by atoms with E-state index in [0.29, 0.717) is 24.4 Å². The molecule has 1 rings (SSSR count). The summed E-state index contributed by atoms with van der Waals surface area (Å²) in [4.78, 5) is 10.5. The SMILES string of the molecule is CCCC(C)(O)CNc1cc(OC(C)C)cc([N+](=O)[O-])c1.